The van der Waals surface area contributed by atoms with Gasteiger partial charge in [0.05, 0.1) is 29.5 Å². The van der Waals surface area contributed by atoms with Crippen molar-refractivity contribution in [2.45, 2.75) is 12.8 Å². The zero-order chi connectivity index (χ0) is 14.0. The lowest BCUT2D eigenvalue weighted by Gasteiger charge is -2.06. The van der Waals surface area contributed by atoms with Gasteiger partial charge in [-0.3, -0.25) is 9.59 Å². The minimum atomic E-state index is -3.10. The first kappa shape index (κ1) is 13.9. The monoisotopic (exact) mass is 304 g/mol. The Morgan fingerprint density at radius 2 is 2.26 bits per heavy atom. The van der Waals surface area contributed by atoms with Crippen LogP contribution in [0, 0.1) is 5.92 Å². The van der Waals surface area contributed by atoms with E-state index in [0.717, 1.165) is 11.3 Å². The van der Waals surface area contributed by atoms with Crippen LogP contribution in [0.15, 0.2) is 5.38 Å². The summed E-state index contributed by atoms with van der Waals surface area (Å²) in [7, 11) is -3.10. The Morgan fingerprint density at radius 3 is 2.84 bits per heavy atom. The molecule has 1 aliphatic heterocycles. The average molecular weight is 304 g/mol. The Morgan fingerprint density at radius 1 is 1.53 bits per heavy atom. The van der Waals surface area contributed by atoms with Crippen LogP contribution in [-0.4, -0.2) is 41.9 Å². The number of carboxylic acids is 1. The van der Waals surface area contributed by atoms with E-state index in [-0.39, 0.29) is 23.8 Å². The minimum absolute atomic E-state index is 0.0349. The highest BCUT2D eigenvalue weighted by Crippen LogP contribution is 2.22. The van der Waals surface area contributed by atoms with Gasteiger partial charge < -0.3 is 10.4 Å². The number of carbonyl (C=O) groups is 2. The lowest BCUT2D eigenvalue weighted by molar-refractivity contribution is -0.136. The molecule has 1 unspecified atom stereocenters. The molecule has 19 heavy (non-hydrogen) atoms. The molecule has 1 amide bonds. The van der Waals surface area contributed by atoms with E-state index in [2.05, 4.69) is 10.3 Å². The van der Waals surface area contributed by atoms with Crippen molar-refractivity contribution >= 4 is 38.2 Å². The second-order valence-electron chi connectivity index (χ2n) is 4.30. The highest BCUT2D eigenvalue weighted by atomic mass is 32.2. The Kier molecular flexibility index (Phi) is 3.85. The Balaban J connectivity index is 1.96. The molecule has 1 atom stereocenters. The van der Waals surface area contributed by atoms with Crippen LogP contribution in [-0.2, 0) is 25.8 Å². The first-order valence-corrected chi connectivity index (χ1v) is 8.23. The van der Waals surface area contributed by atoms with Gasteiger partial charge in [0, 0.05) is 5.38 Å². The quantitative estimate of drug-likeness (QED) is 0.818. The molecule has 2 heterocycles. The van der Waals surface area contributed by atoms with Crippen LogP contribution in [0.25, 0.3) is 0 Å². The van der Waals surface area contributed by atoms with E-state index in [9.17, 15) is 18.0 Å². The number of hydrogen-bond acceptors (Lipinski definition) is 6. The Bertz CT molecular complexity index is 607. The van der Waals surface area contributed by atoms with Crippen LogP contribution in [0.2, 0.25) is 0 Å². The maximum atomic E-state index is 11.8. The van der Waals surface area contributed by atoms with Gasteiger partial charge in [-0.2, -0.15) is 0 Å². The fourth-order valence-electron chi connectivity index (χ4n) is 1.81. The van der Waals surface area contributed by atoms with Crippen LogP contribution in [0.1, 0.15) is 12.1 Å². The molecule has 104 valence electrons. The maximum Gasteiger partial charge on any atom is 0.309 e. The number of aromatic nitrogens is 1. The minimum Gasteiger partial charge on any atom is -0.481 e. The summed E-state index contributed by atoms with van der Waals surface area (Å²) in [5.74, 6) is -2.02. The Labute approximate surface area is 113 Å². The first-order chi connectivity index (χ1) is 8.85. The molecule has 1 aromatic heterocycles. The molecule has 1 fully saturated rings. The third-order valence-electron chi connectivity index (χ3n) is 2.72. The van der Waals surface area contributed by atoms with Gasteiger partial charge in [-0.05, 0) is 6.42 Å². The van der Waals surface area contributed by atoms with E-state index in [4.69, 9.17) is 5.11 Å². The third kappa shape index (κ3) is 3.74. The predicted molar refractivity (Wildman–Crippen MR) is 68.8 cm³/mol. The Hall–Kier alpha value is -1.48. The maximum absolute atomic E-state index is 11.8. The number of carboxylic acid groups (broad SMARTS) is 1. The van der Waals surface area contributed by atoms with Gasteiger partial charge in [-0.1, -0.05) is 0 Å². The molecule has 0 saturated carbocycles. The van der Waals surface area contributed by atoms with E-state index in [1.165, 1.54) is 0 Å². The highest BCUT2D eigenvalue weighted by molar-refractivity contribution is 7.91. The summed E-state index contributed by atoms with van der Waals surface area (Å²) in [6.45, 7) is 0. The van der Waals surface area contributed by atoms with Gasteiger partial charge in [-0.25, -0.2) is 13.4 Å². The fourth-order valence-corrected chi connectivity index (χ4v) is 4.26. The predicted octanol–water partition coefficient (Wildman–Crippen LogP) is 0.143. The highest BCUT2D eigenvalue weighted by Gasteiger charge is 2.33. The van der Waals surface area contributed by atoms with Crippen molar-refractivity contribution in [1.29, 1.82) is 0 Å². The fraction of sp³-hybridized carbons (Fsp3) is 0.500. The summed E-state index contributed by atoms with van der Waals surface area (Å²) in [6.07, 6.45) is 0.117. The van der Waals surface area contributed by atoms with Crippen molar-refractivity contribution in [3.8, 4) is 0 Å². The number of anilines is 1. The van der Waals surface area contributed by atoms with Crippen LogP contribution in [0.3, 0.4) is 0 Å². The van der Waals surface area contributed by atoms with E-state index < -0.39 is 21.7 Å². The number of carbonyl (C=O) groups excluding carboxylic acids is 1. The molecular formula is C10H12N2O5S2. The topological polar surface area (TPSA) is 113 Å². The van der Waals surface area contributed by atoms with E-state index in [1.807, 2.05) is 0 Å². The number of nitrogens with zero attached hydrogens (tertiary/aromatic N) is 1. The van der Waals surface area contributed by atoms with Crippen molar-refractivity contribution in [2.75, 3.05) is 16.8 Å². The number of sulfone groups is 1. The van der Waals surface area contributed by atoms with Gasteiger partial charge in [0.1, 0.15) is 0 Å². The summed E-state index contributed by atoms with van der Waals surface area (Å²) < 4.78 is 22.5. The van der Waals surface area contributed by atoms with Crippen molar-refractivity contribution < 1.29 is 23.1 Å². The molecule has 2 rings (SSSR count). The van der Waals surface area contributed by atoms with Crippen LogP contribution < -0.4 is 5.32 Å². The van der Waals surface area contributed by atoms with Gasteiger partial charge in [0.25, 0.3) is 0 Å². The van der Waals surface area contributed by atoms with E-state index >= 15 is 0 Å². The molecule has 9 heteroatoms. The lowest BCUT2D eigenvalue weighted by atomic mass is 10.1. The smallest absolute Gasteiger partial charge is 0.309 e. The number of thiazole rings is 1. The molecule has 1 aromatic rings. The number of aliphatic carboxylic acids is 1. The molecule has 1 aliphatic rings. The van der Waals surface area contributed by atoms with Gasteiger partial charge in [0.2, 0.25) is 5.91 Å². The molecule has 0 aliphatic carbocycles. The van der Waals surface area contributed by atoms with E-state index in [0.29, 0.717) is 17.2 Å². The van der Waals surface area contributed by atoms with Crippen molar-refractivity contribution in [2.24, 2.45) is 5.92 Å². The molecule has 0 spiro atoms. The third-order valence-corrected chi connectivity index (χ3v) is 5.29. The SMILES string of the molecule is O=C(O)Cc1csc(NC(=O)C2CCS(=O)(=O)C2)n1. The average Bonchev–Trinajstić information content (AvgIpc) is 2.84. The largest absolute Gasteiger partial charge is 0.481 e. The van der Waals surface area contributed by atoms with Crippen LogP contribution in [0.5, 0.6) is 0 Å². The molecule has 1 saturated heterocycles. The molecule has 0 bridgehead atoms. The number of amides is 1. The second kappa shape index (κ2) is 5.25. The van der Waals surface area contributed by atoms with E-state index in [1.54, 1.807) is 5.38 Å². The lowest BCUT2D eigenvalue weighted by Crippen LogP contribution is -2.23. The zero-order valence-electron chi connectivity index (χ0n) is 9.83. The van der Waals surface area contributed by atoms with Gasteiger partial charge in [-0.15, -0.1) is 11.3 Å². The summed E-state index contributed by atoms with van der Waals surface area (Å²) in [5, 5.41) is 13.0. The summed E-state index contributed by atoms with van der Waals surface area (Å²) in [6, 6.07) is 0. The molecule has 0 aromatic carbocycles. The van der Waals surface area contributed by atoms with Gasteiger partial charge in [0.15, 0.2) is 15.0 Å². The number of nitrogens with one attached hydrogen (secondary N) is 1. The van der Waals surface area contributed by atoms with Crippen molar-refractivity contribution in [3.63, 3.8) is 0 Å². The normalized spacial score (nSPS) is 21.2. The standard InChI is InChI=1S/C10H12N2O5S2/c13-8(14)3-7-4-18-10(11-7)12-9(15)6-1-2-19(16,17)5-6/h4,6H,1-3,5H2,(H,13,14)(H,11,12,15). The molecule has 7 nitrogen and oxygen atoms in total. The zero-order valence-corrected chi connectivity index (χ0v) is 11.5. The first-order valence-electron chi connectivity index (χ1n) is 5.53. The summed E-state index contributed by atoms with van der Waals surface area (Å²) >= 11 is 1.12. The summed E-state index contributed by atoms with van der Waals surface area (Å²) in [5.41, 5.74) is 0.367. The summed E-state index contributed by atoms with van der Waals surface area (Å²) in [4.78, 5) is 26.3. The van der Waals surface area contributed by atoms with Crippen molar-refractivity contribution in [3.05, 3.63) is 11.1 Å². The van der Waals surface area contributed by atoms with Crippen LogP contribution >= 0.6 is 11.3 Å². The number of hydrogen-bond donors (Lipinski definition) is 2. The van der Waals surface area contributed by atoms with Gasteiger partial charge >= 0.3 is 5.97 Å². The van der Waals surface area contributed by atoms with Crippen molar-refractivity contribution in [1.82, 2.24) is 4.98 Å². The van der Waals surface area contributed by atoms with Crippen LogP contribution in [0.4, 0.5) is 5.13 Å². The number of rotatable bonds is 4. The second-order valence-corrected chi connectivity index (χ2v) is 7.39. The molecule has 0 radical (unpaired) electrons. The molecule has 2 N–H and O–H groups in total. The molecular weight excluding hydrogens is 292 g/mol.